The van der Waals surface area contributed by atoms with Crippen LogP contribution in [0.3, 0.4) is 0 Å². The quantitative estimate of drug-likeness (QED) is 0.889. The number of amides is 3. The molecule has 3 amide bonds. The number of carbonyl (C=O) groups is 2. The molecule has 7 nitrogen and oxygen atoms in total. The summed E-state index contributed by atoms with van der Waals surface area (Å²) in [6, 6.07) is 2.01. The number of nitrogens with zero attached hydrogens (tertiary/aromatic N) is 3. The van der Waals surface area contributed by atoms with Crippen LogP contribution in [0, 0.1) is 11.3 Å². The van der Waals surface area contributed by atoms with Crippen molar-refractivity contribution in [2.24, 2.45) is 0 Å². The van der Waals surface area contributed by atoms with Gasteiger partial charge >= 0.3 is 12.1 Å². The van der Waals surface area contributed by atoms with Crippen LogP contribution in [0.5, 0.6) is 0 Å². The van der Waals surface area contributed by atoms with Crippen molar-refractivity contribution >= 4 is 28.5 Å². The normalized spacial score (nSPS) is 16.5. The molecule has 1 aliphatic heterocycles. The van der Waals surface area contributed by atoms with Crippen molar-refractivity contribution in [1.82, 2.24) is 9.80 Å². The van der Waals surface area contributed by atoms with E-state index in [2.05, 4.69) is 11.4 Å². The second-order valence-corrected chi connectivity index (χ2v) is 6.88. The summed E-state index contributed by atoms with van der Waals surface area (Å²) in [5.74, 6) is 0. The van der Waals surface area contributed by atoms with Crippen molar-refractivity contribution in [1.29, 1.82) is 5.26 Å². The highest BCUT2D eigenvalue weighted by atomic mass is 32.1. The van der Waals surface area contributed by atoms with Gasteiger partial charge in [0.05, 0.1) is 12.2 Å². The Morgan fingerprint density at radius 2 is 1.96 bits per heavy atom. The Kier molecular flexibility index (Phi) is 4.90. The number of hydrogen-bond acceptors (Lipinski definition) is 5. The summed E-state index contributed by atoms with van der Waals surface area (Å²) >= 11 is 1.51. The Labute approximate surface area is 144 Å². The van der Waals surface area contributed by atoms with Crippen LogP contribution in [0.15, 0.2) is 0 Å². The third kappa shape index (κ3) is 3.17. The van der Waals surface area contributed by atoms with E-state index in [-0.39, 0.29) is 12.1 Å². The molecule has 3 rings (SSSR count). The molecule has 0 saturated carbocycles. The molecule has 0 aromatic carbocycles. The number of nitrogens with one attached hydrogen (secondary N) is 1. The zero-order valence-corrected chi connectivity index (χ0v) is 14.4. The summed E-state index contributed by atoms with van der Waals surface area (Å²) in [4.78, 5) is 28.6. The van der Waals surface area contributed by atoms with E-state index in [0.717, 1.165) is 24.8 Å². The predicted molar refractivity (Wildman–Crippen MR) is 90.2 cm³/mol. The van der Waals surface area contributed by atoms with E-state index < -0.39 is 0 Å². The third-order valence-corrected chi connectivity index (χ3v) is 5.55. The summed E-state index contributed by atoms with van der Waals surface area (Å²) in [5, 5.41) is 12.9. The molecular weight excluding hydrogens is 328 g/mol. The fourth-order valence-electron chi connectivity index (χ4n) is 3.09. The number of rotatable bonds is 2. The summed E-state index contributed by atoms with van der Waals surface area (Å²) in [5.41, 5.74) is 1.72. The Morgan fingerprint density at radius 3 is 2.62 bits per heavy atom. The van der Waals surface area contributed by atoms with Gasteiger partial charge in [0.25, 0.3) is 0 Å². The second-order valence-electron chi connectivity index (χ2n) is 5.78. The molecule has 0 radical (unpaired) electrons. The van der Waals surface area contributed by atoms with Crippen LogP contribution in [0.2, 0.25) is 0 Å². The summed E-state index contributed by atoms with van der Waals surface area (Å²) in [7, 11) is 0. The topological polar surface area (TPSA) is 85.7 Å². The molecular formula is C16H20N4O3S. The van der Waals surface area contributed by atoms with Crippen molar-refractivity contribution in [3.8, 4) is 6.07 Å². The highest BCUT2D eigenvalue weighted by Crippen LogP contribution is 2.38. The van der Waals surface area contributed by atoms with Gasteiger partial charge in [-0.1, -0.05) is 0 Å². The van der Waals surface area contributed by atoms with Gasteiger partial charge in [-0.2, -0.15) is 5.26 Å². The van der Waals surface area contributed by atoms with Gasteiger partial charge in [-0.25, -0.2) is 9.59 Å². The molecule has 8 heteroatoms. The Bertz CT molecular complexity index is 686. The molecule has 1 saturated heterocycles. The smallest absolute Gasteiger partial charge is 0.409 e. The molecule has 24 heavy (non-hydrogen) atoms. The van der Waals surface area contributed by atoms with Gasteiger partial charge in [-0.3, -0.25) is 5.32 Å². The van der Waals surface area contributed by atoms with Gasteiger partial charge in [-0.15, -0.1) is 11.3 Å². The summed E-state index contributed by atoms with van der Waals surface area (Å²) in [6.45, 7) is 3.94. The van der Waals surface area contributed by atoms with Crippen molar-refractivity contribution in [3.05, 3.63) is 16.0 Å². The maximum Gasteiger partial charge on any atom is 0.409 e. The van der Waals surface area contributed by atoms with Crippen LogP contribution in [0.4, 0.5) is 14.6 Å². The minimum atomic E-state index is -0.334. The Hall–Kier alpha value is -2.27. The van der Waals surface area contributed by atoms with Gasteiger partial charge < -0.3 is 14.5 Å². The first-order valence-electron chi connectivity index (χ1n) is 8.16. The van der Waals surface area contributed by atoms with Crippen molar-refractivity contribution in [3.63, 3.8) is 0 Å². The van der Waals surface area contributed by atoms with E-state index in [9.17, 15) is 14.9 Å². The van der Waals surface area contributed by atoms with Gasteiger partial charge in [0.2, 0.25) is 0 Å². The highest BCUT2D eigenvalue weighted by molar-refractivity contribution is 7.16. The van der Waals surface area contributed by atoms with E-state index in [1.54, 1.807) is 16.7 Å². The van der Waals surface area contributed by atoms with Crippen molar-refractivity contribution in [2.45, 2.75) is 26.2 Å². The van der Waals surface area contributed by atoms with E-state index in [1.807, 2.05) is 0 Å². The maximum atomic E-state index is 12.4. The Balaban J connectivity index is 1.59. The van der Waals surface area contributed by atoms with Crippen LogP contribution in [-0.2, 0) is 17.6 Å². The number of aryl methyl sites for hydroxylation is 1. The molecule has 0 spiro atoms. The van der Waals surface area contributed by atoms with E-state index in [0.29, 0.717) is 43.4 Å². The van der Waals surface area contributed by atoms with Crippen LogP contribution in [-0.4, -0.2) is 54.7 Å². The number of piperazine rings is 1. The Morgan fingerprint density at radius 1 is 1.25 bits per heavy atom. The number of carbonyl (C=O) groups excluding carboxylic acids is 2. The number of fused-ring (bicyclic) bond motifs is 1. The lowest BCUT2D eigenvalue weighted by Crippen LogP contribution is -2.51. The average molecular weight is 348 g/mol. The lowest BCUT2D eigenvalue weighted by Gasteiger charge is -2.33. The van der Waals surface area contributed by atoms with Crippen LogP contribution in [0.25, 0.3) is 0 Å². The molecule has 1 aromatic heterocycles. The lowest BCUT2D eigenvalue weighted by molar-refractivity contribution is 0.0869. The molecule has 2 aliphatic rings. The molecule has 0 atom stereocenters. The number of ether oxygens (including phenoxy) is 1. The largest absolute Gasteiger partial charge is 0.450 e. The first kappa shape index (κ1) is 16.6. The summed E-state index contributed by atoms with van der Waals surface area (Å²) < 4.78 is 4.97. The molecule has 1 fully saturated rings. The van der Waals surface area contributed by atoms with Crippen LogP contribution >= 0.6 is 11.3 Å². The van der Waals surface area contributed by atoms with E-state index in [4.69, 9.17) is 4.74 Å². The lowest BCUT2D eigenvalue weighted by atomic mass is 10.1. The molecule has 1 N–H and O–H groups in total. The zero-order chi connectivity index (χ0) is 17.1. The maximum absolute atomic E-state index is 12.4. The molecule has 2 heterocycles. The third-order valence-electron chi connectivity index (χ3n) is 4.35. The average Bonchev–Trinajstić information content (AvgIpc) is 3.15. The van der Waals surface area contributed by atoms with Crippen molar-refractivity contribution < 1.29 is 14.3 Å². The monoisotopic (exact) mass is 348 g/mol. The van der Waals surface area contributed by atoms with E-state index >= 15 is 0 Å². The number of nitriles is 1. The highest BCUT2D eigenvalue weighted by Gasteiger charge is 2.27. The fourth-order valence-corrected chi connectivity index (χ4v) is 4.32. The van der Waals surface area contributed by atoms with E-state index in [1.165, 1.54) is 16.2 Å². The minimum absolute atomic E-state index is 0.213. The first-order valence-corrected chi connectivity index (χ1v) is 8.98. The number of anilines is 1. The molecule has 1 aromatic rings. The number of thiophene rings is 1. The predicted octanol–water partition coefficient (Wildman–Crippen LogP) is 2.41. The van der Waals surface area contributed by atoms with Crippen LogP contribution in [0.1, 0.15) is 29.3 Å². The SMILES string of the molecule is CCOC(=O)N1CCN(C(=O)Nc2sc3c(c2C#N)CCC3)CC1. The summed E-state index contributed by atoms with van der Waals surface area (Å²) in [6.07, 6.45) is 2.66. The standard InChI is InChI=1S/C16H20N4O3S/c1-2-23-16(22)20-8-6-19(7-9-20)15(21)18-14-12(10-17)11-4-3-5-13(11)24-14/h2-9H2,1H3,(H,18,21). The molecule has 1 aliphatic carbocycles. The van der Waals surface area contributed by atoms with Gasteiger partial charge in [0.1, 0.15) is 11.1 Å². The number of urea groups is 1. The second kappa shape index (κ2) is 7.09. The first-order chi connectivity index (χ1) is 11.6. The molecule has 0 bridgehead atoms. The van der Waals surface area contributed by atoms with Gasteiger partial charge in [0, 0.05) is 31.1 Å². The molecule has 0 unspecified atom stereocenters. The van der Waals surface area contributed by atoms with Crippen molar-refractivity contribution in [2.75, 3.05) is 38.1 Å². The minimum Gasteiger partial charge on any atom is -0.450 e. The van der Waals surface area contributed by atoms with Gasteiger partial charge in [0.15, 0.2) is 0 Å². The fraction of sp³-hybridized carbons (Fsp3) is 0.562. The van der Waals surface area contributed by atoms with Crippen LogP contribution < -0.4 is 5.32 Å². The number of hydrogen-bond donors (Lipinski definition) is 1. The molecule has 128 valence electrons. The zero-order valence-electron chi connectivity index (χ0n) is 13.6. The van der Waals surface area contributed by atoms with Gasteiger partial charge in [-0.05, 0) is 31.7 Å².